The molecular weight excluding hydrogens is 330 g/mol. The van der Waals surface area contributed by atoms with E-state index in [9.17, 15) is 9.59 Å². The van der Waals surface area contributed by atoms with Crippen LogP contribution in [0.2, 0.25) is 0 Å². The van der Waals surface area contributed by atoms with E-state index in [-0.39, 0.29) is 18.0 Å². The molecule has 0 atom stereocenters. The first-order chi connectivity index (χ1) is 12.6. The first-order valence-electron chi connectivity index (χ1n) is 9.96. The molecule has 1 N–H and O–H groups in total. The van der Waals surface area contributed by atoms with Crippen molar-refractivity contribution in [3.8, 4) is 0 Å². The van der Waals surface area contributed by atoms with Crippen LogP contribution in [0, 0.1) is 0 Å². The standard InChI is InChI=1S/C19H29N5O2/c1-14(25)22-10-5-16(6-11-22)21-19(26)23-12-7-17(8-13-23)24-18(4-9-20-24)15-2-3-15/h4,9,15-17H,2-3,5-8,10-13H2,1H3,(H,21,26). The SMILES string of the molecule is CC(=O)N1CCC(NC(=O)N2CCC(n3nccc3C3CC3)CC2)CC1. The Bertz CT molecular complexity index is 653. The molecule has 1 aromatic heterocycles. The quantitative estimate of drug-likeness (QED) is 0.899. The Labute approximate surface area is 154 Å². The van der Waals surface area contributed by atoms with Crippen molar-refractivity contribution < 1.29 is 9.59 Å². The van der Waals surface area contributed by atoms with Gasteiger partial charge in [-0.3, -0.25) is 9.48 Å². The van der Waals surface area contributed by atoms with Crippen LogP contribution < -0.4 is 5.32 Å². The molecular formula is C19H29N5O2. The summed E-state index contributed by atoms with van der Waals surface area (Å²) in [5, 5.41) is 7.72. The number of urea groups is 1. The minimum absolute atomic E-state index is 0.0487. The lowest BCUT2D eigenvalue weighted by molar-refractivity contribution is -0.129. The van der Waals surface area contributed by atoms with Crippen molar-refractivity contribution in [3.63, 3.8) is 0 Å². The zero-order chi connectivity index (χ0) is 18.1. The predicted octanol–water partition coefficient (Wildman–Crippen LogP) is 2.12. The molecule has 0 radical (unpaired) electrons. The van der Waals surface area contributed by atoms with E-state index in [0.717, 1.165) is 51.9 Å². The summed E-state index contributed by atoms with van der Waals surface area (Å²) in [7, 11) is 0. The lowest BCUT2D eigenvalue weighted by Crippen LogP contribution is -2.51. The second-order valence-electron chi connectivity index (χ2n) is 7.92. The summed E-state index contributed by atoms with van der Waals surface area (Å²) in [4.78, 5) is 27.8. The molecule has 7 nitrogen and oxygen atoms in total. The highest BCUT2D eigenvalue weighted by Gasteiger charge is 2.32. The molecule has 4 rings (SSSR count). The smallest absolute Gasteiger partial charge is 0.317 e. The second kappa shape index (κ2) is 7.29. The van der Waals surface area contributed by atoms with E-state index in [1.807, 2.05) is 16.0 Å². The minimum atomic E-state index is 0.0487. The summed E-state index contributed by atoms with van der Waals surface area (Å²) >= 11 is 0. The lowest BCUT2D eigenvalue weighted by atomic mass is 10.0. The summed E-state index contributed by atoms with van der Waals surface area (Å²) in [5.41, 5.74) is 1.38. The highest BCUT2D eigenvalue weighted by Crippen LogP contribution is 2.41. The first kappa shape index (κ1) is 17.4. The van der Waals surface area contributed by atoms with Gasteiger partial charge < -0.3 is 15.1 Å². The van der Waals surface area contributed by atoms with Crippen LogP contribution in [0.3, 0.4) is 0 Å². The van der Waals surface area contributed by atoms with E-state index in [0.29, 0.717) is 12.0 Å². The number of piperidine rings is 2. The third-order valence-electron chi connectivity index (χ3n) is 6.06. The molecule has 1 saturated carbocycles. The van der Waals surface area contributed by atoms with E-state index in [2.05, 4.69) is 21.2 Å². The van der Waals surface area contributed by atoms with Crippen molar-refractivity contribution in [2.75, 3.05) is 26.2 Å². The molecule has 7 heteroatoms. The van der Waals surface area contributed by atoms with E-state index >= 15 is 0 Å². The fourth-order valence-electron chi connectivity index (χ4n) is 4.25. The Morgan fingerprint density at radius 2 is 1.65 bits per heavy atom. The molecule has 0 aromatic carbocycles. The summed E-state index contributed by atoms with van der Waals surface area (Å²) in [5.74, 6) is 0.834. The zero-order valence-corrected chi connectivity index (χ0v) is 15.6. The molecule has 0 spiro atoms. The average Bonchev–Trinajstić information content (AvgIpc) is 3.39. The molecule has 0 bridgehead atoms. The van der Waals surface area contributed by atoms with Crippen LogP contribution in [-0.4, -0.2) is 63.7 Å². The molecule has 0 unspecified atom stereocenters. The first-order valence-corrected chi connectivity index (χ1v) is 9.96. The van der Waals surface area contributed by atoms with Gasteiger partial charge in [0.1, 0.15) is 0 Å². The monoisotopic (exact) mass is 359 g/mol. The number of likely N-dealkylation sites (tertiary alicyclic amines) is 2. The van der Waals surface area contributed by atoms with Gasteiger partial charge >= 0.3 is 6.03 Å². The molecule has 3 heterocycles. The lowest BCUT2D eigenvalue weighted by Gasteiger charge is -2.36. The van der Waals surface area contributed by atoms with Crippen molar-refractivity contribution >= 4 is 11.9 Å². The van der Waals surface area contributed by atoms with Gasteiger partial charge in [0.15, 0.2) is 0 Å². The molecule has 3 amide bonds. The van der Waals surface area contributed by atoms with Crippen molar-refractivity contribution in [2.24, 2.45) is 0 Å². The Balaban J connectivity index is 1.25. The number of hydrogen-bond donors (Lipinski definition) is 1. The fourth-order valence-corrected chi connectivity index (χ4v) is 4.25. The van der Waals surface area contributed by atoms with Gasteiger partial charge in [-0.25, -0.2) is 4.79 Å². The molecule has 2 aliphatic heterocycles. The van der Waals surface area contributed by atoms with Gasteiger partial charge in [0.2, 0.25) is 5.91 Å². The number of nitrogens with zero attached hydrogens (tertiary/aromatic N) is 4. The summed E-state index contributed by atoms with van der Waals surface area (Å²) in [6.45, 7) is 4.66. The normalized spacial score (nSPS) is 22.5. The molecule has 142 valence electrons. The number of carbonyl (C=O) groups is 2. The van der Waals surface area contributed by atoms with Crippen LogP contribution >= 0.6 is 0 Å². The van der Waals surface area contributed by atoms with Gasteiger partial charge in [-0.05, 0) is 44.6 Å². The maximum absolute atomic E-state index is 12.6. The number of rotatable bonds is 3. The fraction of sp³-hybridized carbons (Fsp3) is 0.737. The Morgan fingerprint density at radius 1 is 1.00 bits per heavy atom. The van der Waals surface area contributed by atoms with E-state index < -0.39 is 0 Å². The molecule has 2 saturated heterocycles. The second-order valence-corrected chi connectivity index (χ2v) is 7.92. The van der Waals surface area contributed by atoms with Crippen LogP contribution in [0.4, 0.5) is 4.79 Å². The zero-order valence-electron chi connectivity index (χ0n) is 15.6. The van der Waals surface area contributed by atoms with Crippen LogP contribution in [0.15, 0.2) is 12.3 Å². The van der Waals surface area contributed by atoms with Crippen molar-refractivity contribution in [1.82, 2.24) is 24.9 Å². The number of aromatic nitrogens is 2. The minimum Gasteiger partial charge on any atom is -0.343 e. The molecule has 3 fully saturated rings. The third-order valence-corrected chi connectivity index (χ3v) is 6.06. The van der Waals surface area contributed by atoms with Gasteiger partial charge in [0.05, 0.1) is 6.04 Å². The van der Waals surface area contributed by atoms with Crippen LogP contribution in [0.1, 0.15) is 63.1 Å². The molecule has 3 aliphatic rings. The summed E-state index contributed by atoms with van der Waals surface area (Å²) in [6.07, 6.45) is 8.12. The summed E-state index contributed by atoms with van der Waals surface area (Å²) in [6, 6.07) is 2.81. The number of hydrogen-bond acceptors (Lipinski definition) is 3. The van der Waals surface area contributed by atoms with Gasteiger partial charge in [-0.2, -0.15) is 5.10 Å². The topological polar surface area (TPSA) is 70.5 Å². The largest absolute Gasteiger partial charge is 0.343 e. The number of amides is 3. The van der Waals surface area contributed by atoms with Crippen molar-refractivity contribution in [2.45, 2.75) is 63.5 Å². The van der Waals surface area contributed by atoms with Crippen LogP contribution in [0.25, 0.3) is 0 Å². The third kappa shape index (κ3) is 3.71. The highest BCUT2D eigenvalue weighted by molar-refractivity contribution is 5.75. The Kier molecular flexibility index (Phi) is 4.87. The van der Waals surface area contributed by atoms with Gasteiger partial charge in [-0.1, -0.05) is 0 Å². The van der Waals surface area contributed by atoms with Crippen LogP contribution in [0.5, 0.6) is 0 Å². The average molecular weight is 359 g/mol. The van der Waals surface area contributed by atoms with Gasteiger partial charge in [0.25, 0.3) is 0 Å². The molecule has 1 aromatic rings. The van der Waals surface area contributed by atoms with Gasteiger partial charge in [-0.15, -0.1) is 0 Å². The molecule has 26 heavy (non-hydrogen) atoms. The van der Waals surface area contributed by atoms with Crippen molar-refractivity contribution in [1.29, 1.82) is 0 Å². The van der Waals surface area contributed by atoms with Gasteiger partial charge in [0, 0.05) is 57.0 Å². The number of nitrogens with one attached hydrogen (secondary N) is 1. The maximum atomic E-state index is 12.6. The highest BCUT2D eigenvalue weighted by atomic mass is 16.2. The summed E-state index contributed by atoms with van der Waals surface area (Å²) < 4.78 is 2.21. The maximum Gasteiger partial charge on any atom is 0.317 e. The Hall–Kier alpha value is -2.05. The molecule has 1 aliphatic carbocycles. The predicted molar refractivity (Wildman–Crippen MR) is 97.9 cm³/mol. The van der Waals surface area contributed by atoms with E-state index in [4.69, 9.17) is 0 Å². The van der Waals surface area contributed by atoms with Crippen LogP contribution in [-0.2, 0) is 4.79 Å². The van der Waals surface area contributed by atoms with E-state index in [1.54, 1.807) is 6.92 Å². The Morgan fingerprint density at radius 3 is 2.27 bits per heavy atom. The van der Waals surface area contributed by atoms with Crippen molar-refractivity contribution in [3.05, 3.63) is 18.0 Å². The van der Waals surface area contributed by atoms with E-state index in [1.165, 1.54) is 18.5 Å². The number of carbonyl (C=O) groups excluding carboxylic acids is 2.